The summed E-state index contributed by atoms with van der Waals surface area (Å²) in [5.41, 5.74) is 7.45. The average molecular weight is 293 g/mol. The zero-order chi connectivity index (χ0) is 13.9. The van der Waals surface area contributed by atoms with Crippen molar-refractivity contribution in [3.63, 3.8) is 0 Å². The van der Waals surface area contributed by atoms with Gasteiger partial charge in [0.15, 0.2) is 11.5 Å². The molecule has 0 amide bonds. The van der Waals surface area contributed by atoms with E-state index in [1.165, 1.54) is 0 Å². The third-order valence-electron chi connectivity index (χ3n) is 3.02. The Labute approximate surface area is 121 Å². The minimum atomic E-state index is 0.221. The molecule has 1 aromatic carbocycles. The van der Waals surface area contributed by atoms with Crippen molar-refractivity contribution in [2.24, 2.45) is 5.73 Å². The van der Waals surface area contributed by atoms with Gasteiger partial charge in [0, 0.05) is 36.1 Å². The third kappa shape index (κ3) is 2.50. The minimum Gasteiger partial charge on any atom is -0.488 e. The average Bonchev–Trinajstić information content (AvgIpc) is 2.92. The quantitative estimate of drug-likeness (QED) is 0.938. The molecule has 2 N–H and O–H groups in total. The molecule has 0 aliphatic carbocycles. The van der Waals surface area contributed by atoms with Gasteiger partial charge in [0.05, 0.1) is 5.02 Å². The summed E-state index contributed by atoms with van der Waals surface area (Å²) >= 11 is 6.05. The summed E-state index contributed by atoms with van der Waals surface area (Å²) in [7, 11) is 0. The molecule has 5 nitrogen and oxygen atoms in total. The van der Waals surface area contributed by atoms with Gasteiger partial charge in [-0.1, -0.05) is 11.6 Å². The number of nitrogens with zero attached hydrogens (tertiary/aromatic N) is 1. The van der Waals surface area contributed by atoms with Gasteiger partial charge in [0.2, 0.25) is 6.79 Å². The molecular weight excluding hydrogens is 280 g/mol. The number of ether oxygens (including phenoxy) is 3. The SMILES string of the molecule is NCc1cc2c(cc1OCc1ccncc1Cl)OCO2. The van der Waals surface area contributed by atoms with E-state index in [9.17, 15) is 0 Å². The predicted octanol–water partition coefficient (Wildman–Crippen LogP) is 2.50. The second-order valence-electron chi connectivity index (χ2n) is 4.27. The molecule has 0 fully saturated rings. The Morgan fingerprint density at radius 1 is 1.25 bits per heavy atom. The van der Waals surface area contributed by atoms with Gasteiger partial charge >= 0.3 is 0 Å². The van der Waals surface area contributed by atoms with Crippen molar-refractivity contribution in [2.75, 3.05) is 6.79 Å². The maximum absolute atomic E-state index is 6.05. The molecule has 6 heteroatoms. The molecule has 2 heterocycles. The molecule has 0 atom stereocenters. The van der Waals surface area contributed by atoms with Gasteiger partial charge in [-0.15, -0.1) is 0 Å². The van der Waals surface area contributed by atoms with E-state index < -0.39 is 0 Å². The number of pyridine rings is 1. The molecule has 0 spiro atoms. The summed E-state index contributed by atoms with van der Waals surface area (Å²) in [4.78, 5) is 3.94. The lowest BCUT2D eigenvalue weighted by molar-refractivity contribution is 0.173. The Morgan fingerprint density at radius 2 is 2.05 bits per heavy atom. The number of hydrogen-bond acceptors (Lipinski definition) is 5. The monoisotopic (exact) mass is 292 g/mol. The Balaban J connectivity index is 1.82. The van der Waals surface area contributed by atoms with E-state index in [0.717, 1.165) is 11.1 Å². The number of rotatable bonds is 4. The zero-order valence-corrected chi connectivity index (χ0v) is 11.4. The van der Waals surface area contributed by atoms with Crippen molar-refractivity contribution in [1.29, 1.82) is 0 Å². The van der Waals surface area contributed by atoms with Gasteiger partial charge < -0.3 is 19.9 Å². The lowest BCUT2D eigenvalue weighted by atomic mass is 10.1. The molecule has 1 aliphatic heterocycles. The zero-order valence-electron chi connectivity index (χ0n) is 10.6. The highest BCUT2D eigenvalue weighted by Gasteiger charge is 2.17. The molecule has 0 saturated carbocycles. The highest BCUT2D eigenvalue weighted by Crippen LogP contribution is 2.38. The summed E-state index contributed by atoms with van der Waals surface area (Å²) in [6, 6.07) is 5.45. The van der Waals surface area contributed by atoms with Crippen LogP contribution in [0, 0.1) is 0 Å². The molecule has 0 radical (unpaired) electrons. The number of halogens is 1. The first-order chi connectivity index (χ1) is 9.78. The molecule has 0 unspecified atom stereocenters. The van der Waals surface area contributed by atoms with Crippen LogP contribution in [0.5, 0.6) is 17.2 Å². The van der Waals surface area contributed by atoms with Crippen molar-refractivity contribution in [1.82, 2.24) is 4.98 Å². The first kappa shape index (κ1) is 13.0. The number of benzene rings is 1. The molecular formula is C14H13ClN2O3. The molecule has 0 saturated heterocycles. The molecule has 20 heavy (non-hydrogen) atoms. The number of fused-ring (bicyclic) bond motifs is 1. The molecule has 1 aliphatic rings. The van der Waals surface area contributed by atoms with Crippen molar-refractivity contribution in [2.45, 2.75) is 13.2 Å². The first-order valence-corrected chi connectivity index (χ1v) is 6.49. The van der Waals surface area contributed by atoms with Crippen molar-refractivity contribution < 1.29 is 14.2 Å². The maximum atomic E-state index is 6.05. The second kappa shape index (κ2) is 5.56. The predicted molar refractivity (Wildman–Crippen MR) is 74.0 cm³/mol. The first-order valence-electron chi connectivity index (χ1n) is 6.11. The lowest BCUT2D eigenvalue weighted by Gasteiger charge is -2.12. The number of hydrogen-bond donors (Lipinski definition) is 1. The largest absolute Gasteiger partial charge is 0.488 e. The topological polar surface area (TPSA) is 66.6 Å². The van der Waals surface area contributed by atoms with Gasteiger partial charge in [-0.25, -0.2) is 0 Å². The van der Waals surface area contributed by atoms with Crippen LogP contribution in [0.3, 0.4) is 0 Å². The van der Waals surface area contributed by atoms with E-state index in [1.54, 1.807) is 18.5 Å². The van der Waals surface area contributed by atoms with Gasteiger partial charge in [0.1, 0.15) is 12.4 Å². The molecule has 0 bridgehead atoms. The van der Waals surface area contributed by atoms with Crippen LogP contribution < -0.4 is 19.9 Å². The summed E-state index contributed by atoms with van der Waals surface area (Å²) in [6.45, 7) is 0.920. The number of aromatic nitrogens is 1. The third-order valence-corrected chi connectivity index (χ3v) is 3.36. The van der Waals surface area contributed by atoms with Crippen molar-refractivity contribution >= 4 is 11.6 Å². The van der Waals surface area contributed by atoms with Crippen LogP contribution in [-0.2, 0) is 13.2 Å². The fraction of sp³-hybridized carbons (Fsp3) is 0.214. The van der Waals surface area contributed by atoms with E-state index in [-0.39, 0.29) is 6.79 Å². The molecule has 2 aromatic rings. The highest BCUT2D eigenvalue weighted by molar-refractivity contribution is 6.31. The van der Waals surface area contributed by atoms with E-state index >= 15 is 0 Å². The van der Waals surface area contributed by atoms with Crippen molar-refractivity contribution in [3.8, 4) is 17.2 Å². The van der Waals surface area contributed by atoms with E-state index in [1.807, 2.05) is 12.1 Å². The van der Waals surface area contributed by atoms with Gasteiger partial charge in [-0.2, -0.15) is 0 Å². The van der Waals surface area contributed by atoms with Gasteiger partial charge in [-0.05, 0) is 12.1 Å². The van der Waals surface area contributed by atoms with E-state index in [4.69, 9.17) is 31.5 Å². The normalized spacial score (nSPS) is 12.5. The smallest absolute Gasteiger partial charge is 0.231 e. The summed E-state index contributed by atoms with van der Waals surface area (Å²) in [6.07, 6.45) is 3.26. The van der Waals surface area contributed by atoms with Crippen LogP contribution in [0.4, 0.5) is 0 Å². The number of nitrogens with two attached hydrogens (primary N) is 1. The van der Waals surface area contributed by atoms with Crippen molar-refractivity contribution in [3.05, 3.63) is 46.7 Å². The van der Waals surface area contributed by atoms with E-state index in [0.29, 0.717) is 35.4 Å². The summed E-state index contributed by atoms with van der Waals surface area (Å²) in [5, 5.41) is 0.572. The van der Waals surface area contributed by atoms with Crippen LogP contribution >= 0.6 is 11.6 Å². The Bertz CT molecular complexity index is 634. The fourth-order valence-corrected chi connectivity index (χ4v) is 2.11. The second-order valence-corrected chi connectivity index (χ2v) is 4.68. The maximum Gasteiger partial charge on any atom is 0.231 e. The van der Waals surface area contributed by atoms with Crippen LogP contribution in [0.25, 0.3) is 0 Å². The molecule has 1 aromatic heterocycles. The van der Waals surface area contributed by atoms with E-state index in [2.05, 4.69) is 4.98 Å². The highest BCUT2D eigenvalue weighted by atomic mass is 35.5. The summed E-state index contributed by atoms with van der Waals surface area (Å²) in [5.74, 6) is 2.03. The van der Waals surface area contributed by atoms with Gasteiger partial charge in [-0.3, -0.25) is 4.98 Å². The minimum absolute atomic E-state index is 0.221. The Morgan fingerprint density at radius 3 is 2.80 bits per heavy atom. The fourth-order valence-electron chi connectivity index (χ4n) is 1.94. The standard InChI is InChI=1S/C14H13ClN2O3/c15-11-6-17-2-1-9(11)7-18-12-4-14-13(19-8-20-14)3-10(12)5-16/h1-4,6H,5,7-8,16H2. The van der Waals surface area contributed by atoms with Crippen LogP contribution in [0.1, 0.15) is 11.1 Å². The molecule has 104 valence electrons. The summed E-state index contributed by atoms with van der Waals surface area (Å²) < 4.78 is 16.4. The molecule has 3 rings (SSSR count). The lowest BCUT2D eigenvalue weighted by Crippen LogP contribution is -2.03. The van der Waals surface area contributed by atoms with Gasteiger partial charge in [0.25, 0.3) is 0 Å². The van der Waals surface area contributed by atoms with Crippen LogP contribution in [0.15, 0.2) is 30.6 Å². The Kier molecular flexibility index (Phi) is 3.62. The van der Waals surface area contributed by atoms with Crippen LogP contribution in [0.2, 0.25) is 5.02 Å². The Hall–Kier alpha value is -1.98. The van der Waals surface area contributed by atoms with Crippen LogP contribution in [-0.4, -0.2) is 11.8 Å².